The van der Waals surface area contributed by atoms with Crippen LogP contribution >= 0.6 is 15.9 Å². The molecular weight excluding hydrogens is 256 g/mol. The van der Waals surface area contributed by atoms with Gasteiger partial charge in [0.05, 0.1) is 11.7 Å². The second kappa shape index (κ2) is 3.57. The minimum Gasteiger partial charge on any atom is -0.309 e. The van der Waals surface area contributed by atoms with Crippen molar-refractivity contribution >= 4 is 21.6 Å². The number of halogens is 1. The van der Waals surface area contributed by atoms with E-state index in [1.165, 1.54) is 12.8 Å². The van der Waals surface area contributed by atoms with Gasteiger partial charge in [-0.1, -0.05) is 0 Å². The Morgan fingerprint density at radius 3 is 3.20 bits per heavy atom. The predicted octanol–water partition coefficient (Wildman–Crippen LogP) is 1.92. The van der Waals surface area contributed by atoms with Crippen molar-refractivity contribution in [2.45, 2.75) is 18.9 Å². The van der Waals surface area contributed by atoms with Crippen LogP contribution in [0.3, 0.4) is 0 Å². The third-order valence-corrected chi connectivity index (χ3v) is 3.33. The summed E-state index contributed by atoms with van der Waals surface area (Å²) in [7, 11) is 0. The van der Waals surface area contributed by atoms with E-state index in [4.69, 9.17) is 0 Å². The van der Waals surface area contributed by atoms with Gasteiger partial charge in [0.1, 0.15) is 4.60 Å². The number of rotatable bonds is 1. The van der Waals surface area contributed by atoms with Crippen LogP contribution < -0.4 is 5.32 Å². The number of hydrogen-bond acceptors (Lipinski definition) is 3. The molecule has 1 atom stereocenters. The van der Waals surface area contributed by atoms with E-state index in [0.717, 1.165) is 22.5 Å². The summed E-state index contributed by atoms with van der Waals surface area (Å²) in [6.45, 7) is 1.10. The number of nitrogens with one attached hydrogen (secondary N) is 1. The average molecular weight is 267 g/mol. The van der Waals surface area contributed by atoms with Crippen molar-refractivity contribution in [3.8, 4) is 0 Å². The fraction of sp³-hybridized carbons (Fsp3) is 0.400. The van der Waals surface area contributed by atoms with Crippen molar-refractivity contribution < 1.29 is 0 Å². The maximum Gasteiger partial charge on any atom is 0.170 e. The van der Waals surface area contributed by atoms with Crippen molar-refractivity contribution in [2.75, 3.05) is 6.54 Å². The molecule has 1 aliphatic rings. The Balaban J connectivity index is 2.09. The molecule has 3 heterocycles. The maximum absolute atomic E-state index is 4.59. The summed E-state index contributed by atoms with van der Waals surface area (Å²) in [5.41, 5.74) is 2.00. The lowest BCUT2D eigenvalue weighted by atomic mass is 10.2. The highest BCUT2D eigenvalue weighted by atomic mass is 79.9. The van der Waals surface area contributed by atoms with Crippen molar-refractivity contribution in [3.63, 3.8) is 0 Å². The Morgan fingerprint density at radius 1 is 1.53 bits per heavy atom. The third-order valence-electron chi connectivity index (χ3n) is 2.77. The molecule has 1 saturated heterocycles. The van der Waals surface area contributed by atoms with Crippen LogP contribution in [0.25, 0.3) is 5.65 Å². The van der Waals surface area contributed by atoms with Gasteiger partial charge in [0.15, 0.2) is 5.65 Å². The summed E-state index contributed by atoms with van der Waals surface area (Å²) in [6, 6.07) is 0.414. The lowest BCUT2D eigenvalue weighted by molar-refractivity contribution is 0.632. The molecule has 0 spiro atoms. The van der Waals surface area contributed by atoms with Gasteiger partial charge in [-0.15, -0.1) is 0 Å². The van der Waals surface area contributed by atoms with Crippen LogP contribution in [0.4, 0.5) is 0 Å². The van der Waals surface area contributed by atoms with Gasteiger partial charge in [0.25, 0.3) is 0 Å². The summed E-state index contributed by atoms with van der Waals surface area (Å²) in [5.74, 6) is 0. The van der Waals surface area contributed by atoms with Gasteiger partial charge in [-0.25, -0.2) is 9.97 Å². The molecule has 0 saturated carbocycles. The number of fused-ring (bicyclic) bond motifs is 1. The van der Waals surface area contributed by atoms with E-state index in [9.17, 15) is 0 Å². The van der Waals surface area contributed by atoms with Crippen LogP contribution in [0.5, 0.6) is 0 Å². The highest BCUT2D eigenvalue weighted by Gasteiger charge is 2.19. The molecule has 1 fully saturated rings. The number of imidazole rings is 1. The van der Waals surface area contributed by atoms with Crippen LogP contribution in [0, 0.1) is 0 Å². The van der Waals surface area contributed by atoms with E-state index >= 15 is 0 Å². The molecule has 5 heteroatoms. The highest BCUT2D eigenvalue weighted by Crippen LogP contribution is 2.24. The first kappa shape index (κ1) is 9.30. The lowest BCUT2D eigenvalue weighted by Crippen LogP contribution is -2.12. The van der Waals surface area contributed by atoms with Crippen molar-refractivity contribution in [1.29, 1.82) is 0 Å². The second-order valence-corrected chi connectivity index (χ2v) is 4.51. The van der Waals surface area contributed by atoms with E-state index in [1.807, 2.05) is 10.6 Å². The van der Waals surface area contributed by atoms with E-state index in [1.54, 1.807) is 6.20 Å². The minimum atomic E-state index is 0.414. The van der Waals surface area contributed by atoms with Gasteiger partial charge >= 0.3 is 0 Å². The number of hydrogen-bond donors (Lipinski definition) is 1. The van der Waals surface area contributed by atoms with Gasteiger partial charge in [0.2, 0.25) is 0 Å². The molecule has 15 heavy (non-hydrogen) atoms. The van der Waals surface area contributed by atoms with Crippen molar-refractivity contribution in [2.24, 2.45) is 0 Å². The SMILES string of the molecule is Brc1nccn2cc(C3CCCN3)nc12. The zero-order valence-corrected chi connectivity index (χ0v) is 9.74. The van der Waals surface area contributed by atoms with E-state index < -0.39 is 0 Å². The second-order valence-electron chi connectivity index (χ2n) is 3.76. The van der Waals surface area contributed by atoms with E-state index in [2.05, 4.69) is 37.4 Å². The van der Waals surface area contributed by atoms with Crippen LogP contribution in [-0.2, 0) is 0 Å². The van der Waals surface area contributed by atoms with E-state index in [-0.39, 0.29) is 0 Å². The number of nitrogens with zero attached hydrogens (tertiary/aromatic N) is 3. The zero-order chi connectivity index (χ0) is 10.3. The molecule has 4 nitrogen and oxygen atoms in total. The summed E-state index contributed by atoms with van der Waals surface area (Å²) < 4.78 is 2.81. The summed E-state index contributed by atoms with van der Waals surface area (Å²) in [5, 5.41) is 3.44. The monoisotopic (exact) mass is 266 g/mol. The summed E-state index contributed by atoms with van der Waals surface area (Å²) >= 11 is 3.40. The van der Waals surface area contributed by atoms with Gasteiger partial charge in [-0.2, -0.15) is 0 Å². The quantitative estimate of drug-likeness (QED) is 0.858. The standard InChI is InChI=1S/C10H11BrN4/c11-9-10-14-8(7-2-1-3-12-7)6-15(10)5-4-13-9/h4-7,12H,1-3H2. The molecule has 0 aromatic carbocycles. The Hall–Kier alpha value is -0.940. The maximum atomic E-state index is 4.59. The minimum absolute atomic E-state index is 0.414. The van der Waals surface area contributed by atoms with Gasteiger partial charge < -0.3 is 9.72 Å². The van der Waals surface area contributed by atoms with Crippen LogP contribution in [0.1, 0.15) is 24.6 Å². The first-order valence-electron chi connectivity index (χ1n) is 5.07. The highest BCUT2D eigenvalue weighted by molar-refractivity contribution is 9.10. The Bertz CT molecular complexity index is 487. The van der Waals surface area contributed by atoms with Crippen molar-refractivity contribution in [1.82, 2.24) is 19.7 Å². The molecule has 1 aliphatic heterocycles. The predicted molar refractivity (Wildman–Crippen MR) is 60.7 cm³/mol. The largest absolute Gasteiger partial charge is 0.309 e. The lowest BCUT2D eigenvalue weighted by Gasteiger charge is -2.04. The molecule has 78 valence electrons. The Labute approximate surface area is 95.9 Å². The fourth-order valence-corrected chi connectivity index (χ4v) is 2.42. The number of aromatic nitrogens is 3. The Morgan fingerprint density at radius 2 is 2.47 bits per heavy atom. The molecule has 2 aromatic rings. The zero-order valence-electron chi connectivity index (χ0n) is 8.15. The molecule has 1 N–H and O–H groups in total. The summed E-state index contributed by atoms with van der Waals surface area (Å²) in [6.07, 6.45) is 8.17. The van der Waals surface area contributed by atoms with Crippen LogP contribution in [-0.4, -0.2) is 20.9 Å². The van der Waals surface area contributed by atoms with Gasteiger partial charge in [-0.05, 0) is 35.3 Å². The third kappa shape index (κ3) is 1.55. The fourth-order valence-electron chi connectivity index (χ4n) is 2.01. The van der Waals surface area contributed by atoms with E-state index in [0.29, 0.717) is 6.04 Å². The first-order chi connectivity index (χ1) is 7.34. The first-order valence-corrected chi connectivity index (χ1v) is 5.86. The summed E-state index contributed by atoms with van der Waals surface area (Å²) in [4.78, 5) is 8.75. The average Bonchev–Trinajstić information content (AvgIpc) is 2.86. The van der Waals surface area contributed by atoms with Gasteiger partial charge in [-0.3, -0.25) is 0 Å². The molecule has 2 aromatic heterocycles. The molecule has 0 aliphatic carbocycles. The Kier molecular flexibility index (Phi) is 2.21. The molecule has 0 amide bonds. The molecule has 0 bridgehead atoms. The normalized spacial score (nSPS) is 21.3. The molecule has 0 radical (unpaired) electrons. The molecular formula is C10H11BrN4. The van der Waals surface area contributed by atoms with Gasteiger partial charge in [0, 0.05) is 18.6 Å². The van der Waals surface area contributed by atoms with Crippen LogP contribution in [0.15, 0.2) is 23.2 Å². The molecule has 3 rings (SSSR count). The van der Waals surface area contributed by atoms with Crippen LogP contribution in [0.2, 0.25) is 0 Å². The smallest absolute Gasteiger partial charge is 0.170 e. The van der Waals surface area contributed by atoms with Crippen molar-refractivity contribution in [3.05, 3.63) is 28.9 Å². The topological polar surface area (TPSA) is 42.2 Å². The molecule has 1 unspecified atom stereocenters.